The van der Waals surface area contributed by atoms with Crippen LogP contribution in [0.1, 0.15) is 37.8 Å². The van der Waals surface area contributed by atoms with Crippen molar-refractivity contribution in [3.63, 3.8) is 0 Å². The Balaban J connectivity index is 2.13. The van der Waals surface area contributed by atoms with Crippen LogP contribution in [0, 0.1) is 0 Å². The molecule has 0 radical (unpaired) electrons. The molecule has 0 unspecified atom stereocenters. The topological polar surface area (TPSA) is 29.3 Å². The van der Waals surface area contributed by atoms with Gasteiger partial charge in [-0.2, -0.15) is 0 Å². The molecule has 0 atom stereocenters. The molecular formula is C14H20N2S. The molecule has 3 heteroatoms. The van der Waals surface area contributed by atoms with E-state index in [0.717, 1.165) is 12.1 Å². The second-order valence-electron chi connectivity index (χ2n) is 5.40. The monoisotopic (exact) mass is 248 g/mol. The maximum absolute atomic E-state index is 5.66. The highest BCUT2D eigenvalue weighted by Crippen LogP contribution is 2.29. The average Bonchev–Trinajstić information content (AvgIpc) is 2.59. The third-order valence-electron chi connectivity index (χ3n) is 3.66. The van der Waals surface area contributed by atoms with E-state index in [1.165, 1.54) is 24.9 Å². The Morgan fingerprint density at radius 2 is 2.24 bits per heavy atom. The fraction of sp³-hybridized carbons (Fsp3) is 0.500. The fourth-order valence-corrected chi connectivity index (χ4v) is 2.63. The van der Waals surface area contributed by atoms with Gasteiger partial charge in [-0.3, -0.25) is 4.90 Å². The van der Waals surface area contributed by atoms with Crippen molar-refractivity contribution in [2.45, 2.75) is 38.8 Å². The van der Waals surface area contributed by atoms with Crippen LogP contribution < -0.4 is 5.73 Å². The van der Waals surface area contributed by atoms with Crippen molar-refractivity contribution in [2.24, 2.45) is 5.73 Å². The minimum absolute atomic E-state index is 0.319. The molecule has 0 saturated carbocycles. The Hall–Kier alpha value is -0.930. The Morgan fingerprint density at radius 1 is 1.47 bits per heavy atom. The van der Waals surface area contributed by atoms with Crippen LogP contribution in [0.15, 0.2) is 24.3 Å². The standard InChI is InChI=1S/C14H20N2S/c1-14(2)7-4-8-16(14)10-11-5-3-6-12(9-11)13(15)17/h3,5-6,9H,4,7-8,10H2,1-2H3,(H2,15,17). The van der Waals surface area contributed by atoms with Crippen LogP contribution in [0.3, 0.4) is 0 Å². The van der Waals surface area contributed by atoms with E-state index in [1.54, 1.807) is 0 Å². The zero-order chi connectivity index (χ0) is 12.5. The first-order valence-electron chi connectivity index (χ1n) is 6.13. The molecule has 0 aliphatic carbocycles. The highest BCUT2D eigenvalue weighted by atomic mass is 32.1. The van der Waals surface area contributed by atoms with Crippen LogP contribution >= 0.6 is 12.2 Å². The van der Waals surface area contributed by atoms with Gasteiger partial charge in [0.15, 0.2) is 0 Å². The number of hydrogen-bond donors (Lipinski definition) is 1. The number of likely N-dealkylation sites (tertiary alicyclic amines) is 1. The van der Waals surface area contributed by atoms with Crippen molar-refractivity contribution < 1.29 is 0 Å². The largest absolute Gasteiger partial charge is 0.389 e. The van der Waals surface area contributed by atoms with Gasteiger partial charge in [0.1, 0.15) is 4.99 Å². The van der Waals surface area contributed by atoms with Crippen molar-refractivity contribution in [3.05, 3.63) is 35.4 Å². The number of hydrogen-bond acceptors (Lipinski definition) is 2. The molecule has 17 heavy (non-hydrogen) atoms. The molecule has 0 spiro atoms. The Kier molecular flexibility index (Phi) is 3.50. The van der Waals surface area contributed by atoms with Gasteiger partial charge < -0.3 is 5.73 Å². The molecule has 0 amide bonds. The summed E-state index contributed by atoms with van der Waals surface area (Å²) in [5.74, 6) is 0. The summed E-state index contributed by atoms with van der Waals surface area (Å²) in [6.07, 6.45) is 2.57. The van der Waals surface area contributed by atoms with E-state index in [9.17, 15) is 0 Å². The number of nitrogens with two attached hydrogens (primary N) is 1. The lowest BCUT2D eigenvalue weighted by molar-refractivity contribution is 0.166. The highest BCUT2D eigenvalue weighted by Gasteiger charge is 2.31. The molecule has 2 nitrogen and oxygen atoms in total. The summed E-state index contributed by atoms with van der Waals surface area (Å²) in [7, 11) is 0. The van der Waals surface area contributed by atoms with Gasteiger partial charge in [0, 0.05) is 17.6 Å². The summed E-state index contributed by atoms with van der Waals surface area (Å²) >= 11 is 5.01. The fourth-order valence-electron chi connectivity index (χ4n) is 2.50. The van der Waals surface area contributed by atoms with Gasteiger partial charge in [-0.05, 0) is 44.9 Å². The average molecular weight is 248 g/mol. The second kappa shape index (κ2) is 4.75. The first kappa shape index (κ1) is 12.5. The molecule has 2 N–H and O–H groups in total. The molecule has 1 fully saturated rings. The maximum atomic E-state index is 5.66. The van der Waals surface area contributed by atoms with Crippen LogP contribution in [0.4, 0.5) is 0 Å². The minimum atomic E-state index is 0.319. The van der Waals surface area contributed by atoms with E-state index in [0.29, 0.717) is 10.5 Å². The third kappa shape index (κ3) is 2.85. The Morgan fingerprint density at radius 3 is 2.82 bits per heavy atom. The zero-order valence-corrected chi connectivity index (χ0v) is 11.4. The van der Waals surface area contributed by atoms with E-state index >= 15 is 0 Å². The predicted molar refractivity (Wildman–Crippen MR) is 76.1 cm³/mol. The van der Waals surface area contributed by atoms with Gasteiger partial charge in [-0.1, -0.05) is 30.4 Å². The molecule has 1 heterocycles. The van der Waals surface area contributed by atoms with Crippen molar-refractivity contribution in [2.75, 3.05) is 6.54 Å². The van der Waals surface area contributed by atoms with E-state index in [2.05, 4.69) is 30.9 Å². The molecule has 1 saturated heterocycles. The summed E-state index contributed by atoms with van der Waals surface area (Å²) in [6.45, 7) is 6.81. The van der Waals surface area contributed by atoms with E-state index in [1.807, 2.05) is 12.1 Å². The predicted octanol–water partition coefficient (Wildman–Crippen LogP) is 2.70. The van der Waals surface area contributed by atoms with Crippen LogP contribution in [-0.4, -0.2) is 22.0 Å². The maximum Gasteiger partial charge on any atom is 0.103 e. The quantitative estimate of drug-likeness (QED) is 0.834. The van der Waals surface area contributed by atoms with Crippen LogP contribution in [-0.2, 0) is 6.54 Å². The highest BCUT2D eigenvalue weighted by molar-refractivity contribution is 7.80. The van der Waals surface area contributed by atoms with Gasteiger partial charge in [0.25, 0.3) is 0 Å². The van der Waals surface area contributed by atoms with Crippen LogP contribution in [0.2, 0.25) is 0 Å². The van der Waals surface area contributed by atoms with Gasteiger partial charge in [0.2, 0.25) is 0 Å². The summed E-state index contributed by atoms with van der Waals surface area (Å²) in [5.41, 5.74) is 8.24. The summed E-state index contributed by atoms with van der Waals surface area (Å²) in [6, 6.07) is 8.26. The summed E-state index contributed by atoms with van der Waals surface area (Å²) in [5, 5.41) is 0. The Labute approximate surface area is 109 Å². The molecule has 2 rings (SSSR count). The van der Waals surface area contributed by atoms with Crippen molar-refractivity contribution in [1.29, 1.82) is 0 Å². The van der Waals surface area contributed by atoms with Gasteiger partial charge >= 0.3 is 0 Å². The zero-order valence-electron chi connectivity index (χ0n) is 10.6. The van der Waals surface area contributed by atoms with E-state index in [4.69, 9.17) is 18.0 Å². The van der Waals surface area contributed by atoms with Gasteiger partial charge in [-0.25, -0.2) is 0 Å². The van der Waals surface area contributed by atoms with Crippen molar-refractivity contribution >= 4 is 17.2 Å². The number of rotatable bonds is 3. The number of benzene rings is 1. The molecule has 1 aromatic rings. The summed E-state index contributed by atoms with van der Waals surface area (Å²) in [4.78, 5) is 3.01. The molecule has 1 aliphatic rings. The van der Waals surface area contributed by atoms with E-state index in [-0.39, 0.29) is 0 Å². The third-order valence-corrected chi connectivity index (χ3v) is 3.89. The van der Waals surface area contributed by atoms with Gasteiger partial charge in [0.05, 0.1) is 0 Å². The van der Waals surface area contributed by atoms with Crippen molar-refractivity contribution in [1.82, 2.24) is 4.90 Å². The van der Waals surface area contributed by atoms with Gasteiger partial charge in [-0.15, -0.1) is 0 Å². The lowest BCUT2D eigenvalue weighted by Crippen LogP contribution is -2.37. The number of thiocarbonyl (C=S) groups is 1. The molecular weight excluding hydrogens is 228 g/mol. The normalized spacial score (nSPS) is 19.4. The first-order chi connectivity index (χ1) is 7.99. The Bertz CT molecular complexity index is 426. The molecule has 92 valence electrons. The SMILES string of the molecule is CC1(C)CCCN1Cc1cccc(C(N)=S)c1. The number of nitrogens with zero attached hydrogens (tertiary/aromatic N) is 1. The first-order valence-corrected chi connectivity index (χ1v) is 6.54. The minimum Gasteiger partial charge on any atom is -0.389 e. The molecule has 1 aromatic carbocycles. The molecule has 0 bridgehead atoms. The lowest BCUT2D eigenvalue weighted by Gasteiger charge is -2.31. The summed E-state index contributed by atoms with van der Waals surface area (Å²) < 4.78 is 0. The van der Waals surface area contributed by atoms with E-state index < -0.39 is 0 Å². The molecule has 1 aliphatic heterocycles. The smallest absolute Gasteiger partial charge is 0.103 e. The second-order valence-corrected chi connectivity index (χ2v) is 5.84. The van der Waals surface area contributed by atoms with Crippen LogP contribution in [0.5, 0.6) is 0 Å². The lowest BCUT2D eigenvalue weighted by atomic mass is 10.0. The van der Waals surface area contributed by atoms with Crippen molar-refractivity contribution in [3.8, 4) is 0 Å². The van der Waals surface area contributed by atoms with Crippen LogP contribution in [0.25, 0.3) is 0 Å². The molecule has 0 aromatic heterocycles.